The third-order valence-electron chi connectivity index (χ3n) is 3.54. The predicted molar refractivity (Wildman–Crippen MR) is 82.3 cm³/mol. The van der Waals surface area contributed by atoms with E-state index in [1.54, 1.807) is 18.2 Å². The zero-order valence-corrected chi connectivity index (χ0v) is 12.2. The Morgan fingerprint density at radius 2 is 2.14 bits per heavy atom. The van der Waals surface area contributed by atoms with Crippen LogP contribution in [0.3, 0.4) is 0 Å². The lowest BCUT2D eigenvalue weighted by molar-refractivity contribution is -0.131. The Labute approximate surface area is 128 Å². The van der Waals surface area contributed by atoms with Crippen molar-refractivity contribution >= 4 is 35.2 Å². The van der Waals surface area contributed by atoms with Crippen LogP contribution in [0.5, 0.6) is 0 Å². The van der Waals surface area contributed by atoms with Gasteiger partial charge in [0.15, 0.2) is 0 Å². The van der Waals surface area contributed by atoms with Gasteiger partial charge in [0.2, 0.25) is 5.91 Å². The van der Waals surface area contributed by atoms with E-state index in [9.17, 15) is 9.59 Å². The molecular weight excluding hydrogens is 292 g/mol. The molecule has 1 atom stereocenters. The van der Waals surface area contributed by atoms with Crippen LogP contribution in [0.25, 0.3) is 6.08 Å². The summed E-state index contributed by atoms with van der Waals surface area (Å²) in [4.78, 5) is 24.3. The summed E-state index contributed by atoms with van der Waals surface area (Å²) in [5.41, 5.74) is 6.92. The Morgan fingerprint density at radius 1 is 1.38 bits per heavy atom. The maximum atomic E-state index is 11.6. The minimum absolute atomic E-state index is 0.363. The lowest BCUT2D eigenvalue weighted by Crippen LogP contribution is -2.48. The van der Waals surface area contributed by atoms with Gasteiger partial charge in [-0.05, 0) is 49.1 Å². The van der Waals surface area contributed by atoms with E-state index in [2.05, 4.69) is 0 Å². The number of aliphatic carboxylic acids is 1. The first kappa shape index (κ1) is 15.4. The van der Waals surface area contributed by atoms with Gasteiger partial charge in [0.05, 0.1) is 0 Å². The van der Waals surface area contributed by atoms with Crippen LogP contribution in [-0.2, 0) is 9.59 Å². The molecule has 1 aliphatic heterocycles. The summed E-state index contributed by atoms with van der Waals surface area (Å²) in [6.45, 7) is 0.711. The van der Waals surface area contributed by atoms with Gasteiger partial charge in [-0.1, -0.05) is 11.6 Å². The maximum Gasteiger partial charge on any atom is 0.328 e. The fraction of sp³-hybridized carbons (Fsp3) is 0.333. The number of halogens is 1. The van der Waals surface area contributed by atoms with Crippen molar-refractivity contribution in [3.63, 3.8) is 0 Å². The second-order valence-corrected chi connectivity index (χ2v) is 5.42. The van der Waals surface area contributed by atoms with Crippen LogP contribution in [0.1, 0.15) is 24.8 Å². The number of amides is 1. The first-order valence-corrected chi connectivity index (χ1v) is 7.13. The van der Waals surface area contributed by atoms with E-state index in [1.165, 1.54) is 6.08 Å². The summed E-state index contributed by atoms with van der Waals surface area (Å²) in [5.74, 6) is -1.40. The number of primary amides is 1. The van der Waals surface area contributed by atoms with Crippen LogP contribution < -0.4 is 10.6 Å². The summed E-state index contributed by atoms with van der Waals surface area (Å²) in [5, 5.41) is 9.29. The van der Waals surface area contributed by atoms with Crippen molar-refractivity contribution in [3.05, 3.63) is 34.9 Å². The molecule has 0 radical (unpaired) electrons. The average molecular weight is 309 g/mol. The van der Waals surface area contributed by atoms with Gasteiger partial charge in [-0.2, -0.15) is 0 Å². The average Bonchev–Trinajstić information content (AvgIpc) is 2.45. The normalized spacial score (nSPS) is 18.9. The molecule has 1 aromatic carbocycles. The van der Waals surface area contributed by atoms with Gasteiger partial charge in [-0.25, -0.2) is 4.79 Å². The molecular formula is C15H17ClN2O3. The Bertz CT molecular complexity index is 586. The fourth-order valence-electron chi connectivity index (χ4n) is 2.60. The van der Waals surface area contributed by atoms with E-state index in [4.69, 9.17) is 22.4 Å². The molecule has 2 rings (SSSR count). The van der Waals surface area contributed by atoms with Crippen LogP contribution in [-0.4, -0.2) is 29.6 Å². The zero-order chi connectivity index (χ0) is 15.4. The standard InChI is InChI=1S/C15H17ClN2O3/c16-11-5-6-12(10(9-11)4-7-14(19)20)18-8-2-1-3-13(18)15(17)21/h4-7,9,13H,1-3,8H2,(H2,17,21)(H,19,20)/b7-4+. The number of carboxylic acids is 1. The number of carbonyl (C=O) groups is 2. The van der Waals surface area contributed by atoms with Crippen molar-refractivity contribution in [2.24, 2.45) is 5.73 Å². The molecule has 0 bridgehead atoms. The van der Waals surface area contributed by atoms with E-state index >= 15 is 0 Å². The molecule has 1 heterocycles. The van der Waals surface area contributed by atoms with Crippen molar-refractivity contribution in [2.75, 3.05) is 11.4 Å². The summed E-state index contributed by atoms with van der Waals surface area (Å²) in [6, 6.07) is 4.84. The highest BCUT2D eigenvalue weighted by Gasteiger charge is 2.28. The molecule has 21 heavy (non-hydrogen) atoms. The van der Waals surface area contributed by atoms with E-state index in [-0.39, 0.29) is 11.9 Å². The van der Waals surface area contributed by atoms with Crippen LogP contribution in [0.4, 0.5) is 5.69 Å². The first-order chi connectivity index (χ1) is 9.99. The number of anilines is 1. The third-order valence-corrected chi connectivity index (χ3v) is 3.77. The molecule has 0 aromatic heterocycles. The van der Waals surface area contributed by atoms with E-state index in [1.807, 2.05) is 4.90 Å². The molecule has 0 aliphatic carbocycles. The largest absolute Gasteiger partial charge is 0.478 e. The highest BCUT2D eigenvalue weighted by atomic mass is 35.5. The Hall–Kier alpha value is -2.01. The number of nitrogens with two attached hydrogens (primary N) is 1. The molecule has 1 saturated heterocycles. The van der Waals surface area contributed by atoms with Crippen molar-refractivity contribution < 1.29 is 14.7 Å². The lowest BCUT2D eigenvalue weighted by Gasteiger charge is -2.36. The quantitative estimate of drug-likeness (QED) is 0.836. The number of hydrogen-bond acceptors (Lipinski definition) is 3. The van der Waals surface area contributed by atoms with E-state index in [0.29, 0.717) is 23.6 Å². The fourth-order valence-corrected chi connectivity index (χ4v) is 2.78. The molecule has 112 valence electrons. The van der Waals surface area contributed by atoms with Crippen molar-refractivity contribution in [3.8, 4) is 0 Å². The van der Waals surface area contributed by atoms with E-state index < -0.39 is 5.97 Å². The van der Waals surface area contributed by atoms with Crippen molar-refractivity contribution in [2.45, 2.75) is 25.3 Å². The monoisotopic (exact) mass is 308 g/mol. The zero-order valence-electron chi connectivity index (χ0n) is 11.5. The highest BCUT2D eigenvalue weighted by Crippen LogP contribution is 2.30. The van der Waals surface area contributed by atoms with Crippen molar-refractivity contribution in [1.82, 2.24) is 0 Å². The number of carboxylic acid groups (broad SMARTS) is 1. The lowest BCUT2D eigenvalue weighted by atomic mass is 9.99. The Kier molecular flexibility index (Phi) is 4.85. The number of hydrogen-bond donors (Lipinski definition) is 2. The van der Waals surface area contributed by atoms with Gasteiger partial charge in [-0.3, -0.25) is 4.79 Å². The summed E-state index contributed by atoms with van der Waals surface area (Å²) >= 11 is 5.98. The number of rotatable bonds is 4. The van der Waals surface area contributed by atoms with Gasteiger partial charge in [0.25, 0.3) is 0 Å². The highest BCUT2D eigenvalue weighted by molar-refractivity contribution is 6.30. The minimum Gasteiger partial charge on any atom is -0.478 e. The SMILES string of the molecule is NC(=O)C1CCCCN1c1ccc(Cl)cc1/C=C/C(=O)O. The maximum absolute atomic E-state index is 11.6. The smallest absolute Gasteiger partial charge is 0.328 e. The van der Waals surface area contributed by atoms with Gasteiger partial charge in [0, 0.05) is 23.3 Å². The molecule has 1 aliphatic rings. The van der Waals surface area contributed by atoms with Gasteiger partial charge >= 0.3 is 5.97 Å². The Morgan fingerprint density at radius 3 is 2.81 bits per heavy atom. The summed E-state index contributed by atoms with van der Waals surface area (Å²) < 4.78 is 0. The molecule has 1 aromatic rings. The topological polar surface area (TPSA) is 83.6 Å². The number of piperidine rings is 1. The van der Waals surface area contributed by atoms with Gasteiger partial charge in [-0.15, -0.1) is 0 Å². The van der Waals surface area contributed by atoms with Crippen LogP contribution in [0, 0.1) is 0 Å². The van der Waals surface area contributed by atoms with Crippen LogP contribution in [0.15, 0.2) is 24.3 Å². The Balaban J connectivity index is 2.41. The van der Waals surface area contributed by atoms with Gasteiger partial charge in [0.1, 0.15) is 6.04 Å². The number of carbonyl (C=O) groups excluding carboxylic acids is 1. The summed E-state index contributed by atoms with van der Waals surface area (Å²) in [7, 11) is 0. The second-order valence-electron chi connectivity index (χ2n) is 4.98. The molecule has 3 N–H and O–H groups in total. The van der Waals surface area contributed by atoms with E-state index in [0.717, 1.165) is 24.6 Å². The summed E-state index contributed by atoms with van der Waals surface area (Å²) in [6.07, 6.45) is 5.17. The molecule has 0 saturated carbocycles. The molecule has 1 fully saturated rings. The molecule has 1 unspecified atom stereocenters. The van der Waals surface area contributed by atoms with Gasteiger partial charge < -0.3 is 15.7 Å². The number of nitrogens with zero attached hydrogens (tertiary/aromatic N) is 1. The second kappa shape index (κ2) is 6.63. The number of benzene rings is 1. The van der Waals surface area contributed by atoms with Crippen LogP contribution >= 0.6 is 11.6 Å². The third kappa shape index (κ3) is 3.76. The minimum atomic E-state index is -1.04. The molecule has 6 heteroatoms. The first-order valence-electron chi connectivity index (χ1n) is 6.75. The molecule has 1 amide bonds. The van der Waals surface area contributed by atoms with Crippen molar-refractivity contribution in [1.29, 1.82) is 0 Å². The molecule has 5 nitrogen and oxygen atoms in total. The van der Waals surface area contributed by atoms with Crippen LogP contribution in [0.2, 0.25) is 5.02 Å². The molecule has 0 spiro atoms. The predicted octanol–water partition coefficient (Wildman–Crippen LogP) is 2.28.